The molecule has 2 fully saturated rings. The van der Waals surface area contributed by atoms with Crippen molar-refractivity contribution >= 4 is 17.5 Å². The molecule has 5 rings (SSSR count). The van der Waals surface area contributed by atoms with E-state index < -0.39 is 0 Å². The van der Waals surface area contributed by atoms with E-state index in [2.05, 4.69) is 39.0 Å². The molecule has 1 saturated heterocycles. The molecule has 1 aromatic carbocycles. The van der Waals surface area contributed by atoms with E-state index in [-0.39, 0.29) is 23.7 Å². The maximum atomic E-state index is 13.8. The van der Waals surface area contributed by atoms with Crippen molar-refractivity contribution in [3.8, 4) is 11.8 Å². The summed E-state index contributed by atoms with van der Waals surface area (Å²) >= 11 is 0. The lowest BCUT2D eigenvalue weighted by molar-refractivity contribution is -0.133. The fraction of sp³-hybridized carbons (Fsp3) is 0.531. The molecule has 0 spiro atoms. The van der Waals surface area contributed by atoms with Crippen LogP contribution in [0.5, 0.6) is 5.75 Å². The number of unbranched alkanes of at least 4 members (excludes halogenated alkanes) is 1. The van der Waals surface area contributed by atoms with E-state index in [9.17, 15) is 9.59 Å². The van der Waals surface area contributed by atoms with Crippen molar-refractivity contribution in [2.24, 2.45) is 0 Å². The van der Waals surface area contributed by atoms with E-state index in [1.807, 2.05) is 17.0 Å². The molecule has 2 aliphatic heterocycles. The van der Waals surface area contributed by atoms with Gasteiger partial charge in [-0.15, -0.1) is 0 Å². The topological polar surface area (TPSA) is 110 Å². The van der Waals surface area contributed by atoms with Gasteiger partial charge in [-0.05, 0) is 55.7 Å². The second-order valence-corrected chi connectivity index (χ2v) is 12.3. The predicted molar refractivity (Wildman–Crippen MR) is 153 cm³/mol. The molecule has 8 heteroatoms. The number of nitriles is 1. The molecule has 0 bridgehead atoms. The summed E-state index contributed by atoms with van der Waals surface area (Å²) in [6.07, 6.45) is 5.72. The van der Waals surface area contributed by atoms with Crippen LogP contribution in [0.1, 0.15) is 110 Å². The number of piperidine rings is 1. The van der Waals surface area contributed by atoms with Gasteiger partial charge in [0.05, 0.1) is 19.2 Å². The van der Waals surface area contributed by atoms with Crippen LogP contribution in [0.2, 0.25) is 0 Å². The SMILES string of the molecule is CC(C)(C)c1cc(C(=O)CN2Cc3ccc(C4CC4)nc3C2=N)cc(CN2CCCCC2=O)c1OCCCC#N. The van der Waals surface area contributed by atoms with Crippen LogP contribution in [0.15, 0.2) is 24.3 Å². The van der Waals surface area contributed by atoms with Crippen molar-refractivity contribution in [1.82, 2.24) is 14.8 Å². The molecule has 1 amide bonds. The van der Waals surface area contributed by atoms with Gasteiger partial charge in [0.25, 0.3) is 0 Å². The second-order valence-electron chi connectivity index (χ2n) is 12.3. The number of aromatic nitrogens is 1. The minimum atomic E-state index is -0.318. The van der Waals surface area contributed by atoms with E-state index in [1.54, 1.807) is 4.90 Å². The van der Waals surface area contributed by atoms with Gasteiger partial charge in [-0.1, -0.05) is 26.8 Å². The van der Waals surface area contributed by atoms with Crippen LogP contribution in [0, 0.1) is 16.7 Å². The summed E-state index contributed by atoms with van der Waals surface area (Å²) in [5, 5.41) is 17.7. The molecule has 40 heavy (non-hydrogen) atoms. The zero-order chi connectivity index (χ0) is 28.4. The number of likely N-dealkylation sites (tertiary alicyclic amines) is 1. The number of hydrogen-bond acceptors (Lipinski definition) is 6. The number of carbonyl (C=O) groups is 2. The molecule has 0 atom stereocenters. The maximum absolute atomic E-state index is 13.8. The van der Waals surface area contributed by atoms with Crippen LogP contribution in [0.25, 0.3) is 0 Å². The summed E-state index contributed by atoms with van der Waals surface area (Å²) in [5.41, 5.74) is 4.70. The summed E-state index contributed by atoms with van der Waals surface area (Å²) in [6, 6.07) is 10.1. The van der Waals surface area contributed by atoms with Crippen LogP contribution in [-0.2, 0) is 23.3 Å². The van der Waals surface area contributed by atoms with Crippen LogP contribution in [0.3, 0.4) is 0 Å². The number of benzene rings is 1. The third-order valence-electron chi connectivity index (χ3n) is 7.99. The molecule has 1 N–H and O–H groups in total. The highest BCUT2D eigenvalue weighted by molar-refractivity contribution is 6.04. The molecular weight excluding hydrogens is 502 g/mol. The fourth-order valence-electron chi connectivity index (χ4n) is 5.53. The number of ether oxygens (including phenoxy) is 1. The van der Waals surface area contributed by atoms with Crippen molar-refractivity contribution in [3.63, 3.8) is 0 Å². The molecule has 8 nitrogen and oxygen atoms in total. The number of amides is 1. The highest BCUT2D eigenvalue weighted by Gasteiger charge is 2.32. The zero-order valence-electron chi connectivity index (χ0n) is 23.9. The van der Waals surface area contributed by atoms with Crippen molar-refractivity contribution in [3.05, 3.63) is 57.9 Å². The van der Waals surface area contributed by atoms with E-state index in [0.717, 1.165) is 48.1 Å². The minimum absolute atomic E-state index is 0.0762. The number of amidine groups is 1. The number of hydrogen-bond donors (Lipinski definition) is 1. The standard InChI is InChI=1S/C32H39N5O3/c1-32(2,3)25-17-23(16-24(30(25)40-15-7-5-13-33)19-36-14-6-4-8-28(36)39)27(38)20-37-18-22-11-12-26(21-9-10-21)35-29(22)31(37)34/h11-12,16-17,21,34H,4-10,14-15,18-20H2,1-3H3. The number of fused-ring (bicyclic) bond motifs is 1. The van der Waals surface area contributed by atoms with Crippen LogP contribution in [-0.4, -0.2) is 52.0 Å². The summed E-state index contributed by atoms with van der Waals surface area (Å²) in [4.78, 5) is 34.9. The van der Waals surface area contributed by atoms with Crippen LogP contribution < -0.4 is 4.74 Å². The minimum Gasteiger partial charge on any atom is -0.493 e. The Hall–Kier alpha value is -3.73. The molecule has 3 aliphatic rings. The van der Waals surface area contributed by atoms with Gasteiger partial charge in [0, 0.05) is 66.3 Å². The highest BCUT2D eigenvalue weighted by Crippen LogP contribution is 2.40. The van der Waals surface area contributed by atoms with Gasteiger partial charge in [-0.2, -0.15) is 5.26 Å². The first-order valence-corrected chi connectivity index (χ1v) is 14.5. The number of nitrogens with zero attached hydrogens (tertiary/aromatic N) is 4. The van der Waals surface area contributed by atoms with Crippen molar-refractivity contribution in [1.29, 1.82) is 10.7 Å². The highest BCUT2D eigenvalue weighted by atomic mass is 16.5. The Morgan fingerprint density at radius 2 is 2.00 bits per heavy atom. The number of carbonyl (C=O) groups excluding carboxylic acids is 2. The molecule has 2 aromatic rings. The maximum Gasteiger partial charge on any atom is 0.222 e. The summed E-state index contributed by atoms with van der Waals surface area (Å²) in [6.45, 7) is 8.31. The molecule has 1 aromatic heterocycles. The lowest BCUT2D eigenvalue weighted by Gasteiger charge is -2.30. The molecule has 1 aliphatic carbocycles. The lowest BCUT2D eigenvalue weighted by Crippen LogP contribution is -2.35. The van der Waals surface area contributed by atoms with E-state index in [0.29, 0.717) is 74.3 Å². The monoisotopic (exact) mass is 541 g/mol. The first-order valence-electron chi connectivity index (χ1n) is 14.5. The first-order chi connectivity index (χ1) is 19.2. The molecule has 1 saturated carbocycles. The number of Topliss-reactive ketones (excluding diaryl/α,β-unsaturated/α-hetero) is 1. The van der Waals surface area contributed by atoms with Gasteiger partial charge in [-0.25, -0.2) is 4.98 Å². The van der Waals surface area contributed by atoms with Crippen LogP contribution >= 0.6 is 0 Å². The Kier molecular flexibility index (Phi) is 7.93. The Bertz CT molecular complexity index is 1370. The molecule has 0 unspecified atom stereocenters. The summed E-state index contributed by atoms with van der Waals surface area (Å²) in [7, 11) is 0. The Balaban J connectivity index is 1.43. The normalized spacial score (nSPS) is 17.1. The van der Waals surface area contributed by atoms with E-state index >= 15 is 0 Å². The van der Waals surface area contributed by atoms with Gasteiger partial charge < -0.3 is 14.5 Å². The Morgan fingerprint density at radius 3 is 2.70 bits per heavy atom. The lowest BCUT2D eigenvalue weighted by atomic mass is 9.83. The average molecular weight is 542 g/mol. The van der Waals surface area contributed by atoms with Crippen molar-refractivity contribution in [2.45, 2.75) is 90.1 Å². The predicted octanol–water partition coefficient (Wildman–Crippen LogP) is 5.48. The van der Waals surface area contributed by atoms with Crippen molar-refractivity contribution < 1.29 is 14.3 Å². The van der Waals surface area contributed by atoms with Gasteiger partial charge in [-0.3, -0.25) is 15.0 Å². The zero-order valence-corrected chi connectivity index (χ0v) is 23.9. The fourth-order valence-corrected chi connectivity index (χ4v) is 5.53. The average Bonchev–Trinajstić information content (AvgIpc) is 3.72. The number of pyridine rings is 1. The van der Waals surface area contributed by atoms with Gasteiger partial charge in [0.2, 0.25) is 5.91 Å². The van der Waals surface area contributed by atoms with Crippen LogP contribution in [0.4, 0.5) is 0 Å². The Labute approximate surface area is 236 Å². The first kappa shape index (κ1) is 27.8. The van der Waals surface area contributed by atoms with E-state index in [4.69, 9.17) is 20.4 Å². The number of nitrogens with one attached hydrogen (secondary N) is 1. The quantitative estimate of drug-likeness (QED) is 0.315. The largest absolute Gasteiger partial charge is 0.493 e. The molecule has 0 radical (unpaired) electrons. The summed E-state index contributed by atoms with van der Waals surface area (Å²) < 4.78 is 6.28. The van der Waals surface area contributed by atoms with Crippen molar-refractivity contribution in [2.75, 3.05) is 19.7 Å². The number of ketones is 1. The smallest absolute Gasteiger partial charge is 0.222 e. The second kappa shape index (κ2) is 11.4. The molecule has 210 valence electrons. The third-order valence-corrected chi connectivity index (χ3v) is 7.99. The van der Waals surface area contributed by atoms with Gasteiger partial charge in [0.15, 0.2) is 5.78 Å². The van der Waals surface area contributed by atoms with E-state index in [1.165, 1.54) is 0 Å². The Morgan fingerprint density at radius 1 is 1.20 bits per heavy atom. The number of rotatable bonds is 10. The molecular formula is C32H39N5O3. The molecule has 3 heterocycles. The van der Waals surface area contributed by atoms with Gasteiger partial charge >= 0.3 is 0 Å². The van der Waals surface area contributed by atoms with Gasteiger partial charge in [0.1, 0.15) is 17.3 Å². The summed E-state index contributed by atoms with van der Waals surface area (Å²) in [5.74, 6) is 1.57. The third kappa shape index (κ3) is 6.04.